The van der Waals surface area contributed by atoms with E-state index in [2.05, 4.69) is 43.5 Å². The second-order valence-electron chi connectivity index (χ2n) is 9.29. The summed E-state index contributed by atoms with van der Waals surface area (Å²) in [5, 5.41) is 17.3. The lowest BCUT2D eigenvalue weighted by atomic mass is 9.79. The zero-order valence-corrected chi connectivity index (χ0v) is 19.8. The van der Waals surface area contributed by atoms with Crippen LogP contribution in [0.4, 0.5) is 11.5 Å². The Morgan fingerprint density at radius 2 is 2.03 bits per heavy atom. The summed E-state index contributed by atoms with van der Waals surface area (Å²) in [6.07, 6.45) is 3.66. The van der Waals surface area contributed by atoms with E-state index in [0.29, 0.717) is 42.8 Å². The molecular weight excluding hydrogens is 472 g/mol. The van der Waals surface area contributed by atoms with E-state index in [0.717, 1.165) is 40.1 Å². The first kappa shape index (κ1) is 21.4. The van der Waals surface area contributed by atoms with Gasteiger partial charge in [-0.1, -0.05) is 15.9 Å². The molecule has 7 nitrogen and oxygen atoms in total. The van der Waals surface area contributed by atoms with Crippen LogP contribution in [-0.2, 0) is 4.79 Å². The molecule has 0 radical (unpaired) electrons. The number of benzene rings is 1. The number of hydrogen-bond donors (Lipinski definition) is 4. The minimum atomic E-state index is -0.792. The molecule has 5 rings (SSSR count). The van der Waals surface area contributed by atoms with Gasteiger partial charge in [0.05, 0.1) is 16.7 Å². The van der Waals surface area contributed by atoms with Crippen LogP contribution in [0.1, 0.15) is 46.4 Å². The molecule has 0 spiro atoms. The summed E-state index contributed by atoms with van der Waals surface area (Å²) in [5.74, 6) is 0.325. The van der Waals surface area contributed by atoms with Crippen molar-refractivity contribution in [3.63, 3.8) is 0 Å². The number of ketones is 1. The van der Waals surface area contributed by atoms with Crippen molar-refractivity contribution in [3.8, 4) is 0 Å². The van der Waals surface area contributed by atoms with Gasteiger partial charge in [0.2, 0.25) is 0 Å². The molecule has 0 aliphatic carbocycles. The van der Waals surface area contributed by atoms with Crippen LogP contribution in [0.2, 0.25) is 0 Å². The van der Waals surface area contributed by atoms with E-state index in [1.807, 2.05) is 31.2 Å². The number of H-pyrrole nitrogens is 1. The highest BCUT2D eigenvalue weighted by Crippen LogP contribution is 2.39. The minimum Gasteiger partial charge on any atom is -0.390 e. The van der Waals surface area contributed by atoms with Crippen LogP contribution < -0.4 is 10.6 Å². The highest BCUT2D eigenvalue weighted by molar-refractivity contribution is 9.10. The van der Waals surface area contributed by atoms with Gasteiger partial charge in [0.25, 0.3) is 5.91 Å². The maximum Gasteiger partial charge on any atom is 0.256 e. The Balaban J connectivity index is 1.43. The third kappa shape index (κ3) is 3.70. The number of aromatic nitrogens is 1. The number of carbonyl (C=O) groups excluding carboxylic acids is 2. The number of nitrogens with one attached hydrogen (secondary N) is 3. The van der Waals surface area contributed by atoms with E-state index in [-0.39, 0.29) is 17.6 Å². The lowest BCUT2D eigenvalue weighted by Gasteiger charge is -2.39. The van der Waals surface area contributed by atoms with Crippen LogP contribution in [0.3, 0.4) is 0 Å². The number of rotatable bonds is 3. The number of piperidine rings is 1. The van der Waals surface area contributed by atoms with Gasteiger partial charge in [0.15, 0.2) is 5.78 Å². The largest absolute Gasteiger partial charge is 0.390 e. The molecule has 2 aromatic rings. The maximum absolute atomic E-state index is 13.4. The van der Waals surface area contributed by atoms with Gasteiger partial charge in [-0.2, -0.15) is 0 Å². The second kappa shape index (κ2) is 7.86. The molecule has 8 heteroatoms. The van der Waals surface area contributed by atoms with Crippen LogP contribution in [0.15, 0.2) is 22.7 Å². The molecule has 1 aromatic heterocycles. The standard InChI is InChI=1S/C24H27BrN4O3/c1-13-19(10-17-16-9-15(25)3-4-18(16)28-23(17)31)27-22-20(13)21(30)14(12-26-22)11-24(32)5-7-29(2)8-6-24/h3-4,9-10,14,26-27,32H,5-8,11-12H2,1-2H3,(H,28,31)/b17-10-. The van der Waals surface area contributed by atoms with Gasteiger partial charge < -0.3 is 25.6 Å². The van der Waals surface area contributed by atoms with E-state index >= 15 is 0 Å². The van der Waals surface area contributed by atoms with E-state index in [4.69, 9.17) is 0 Å². The van der Waals surface area contributed by atoms with Gasteiger partial charge in [0.1, 0.15) is 5.82 Å². The van der Waals surface area contributed by atoms with Crippen molar-refractivity contribution in [1.29, 1.82) is 0 Å². The Morgan fingerprint density at radius 1 is 1.28 bits per heavy atom. The number of aromatic amines is 1. The van der Waals surface area contributed by atoms with Crippen molar-refractivity contribution in [3.05, 3.63) is 45.1 Å². The van der Waals surface area contributed by atoms with E-state index in [1.54, 1.807) is 0 Å². The first-order valence-corrected chi connectivity index (χ1v) is 11.8. The van der Waals surface area contributed by atoms with Crippen LogP contribution in [0.5, 0.6) is 0 Å². The maximum atomic E-state index is 13.4. The fourth-order valence-corrected chi connectivity index (χ4v) is 5.39. The van der Waals surface area contributed by atoms with E-state index < -0.39 is 5.60 Å². The highest BCUT2D eigenvalue weighted by atomic mass is 79.9. The van der Waals surface area contributed by atoms with Gasteiger partial charge in [-0.05, 0) is 63.1 Å². The highest BCUT2D eigenvalue weighted by Gasteiger charge is 2.39. The lowest BCUT2D eigenvalue weighted by Crippen LogP contribution is -2.46. The Morgan fingerprint density at radius 3 is 2.78 bits per heavy atom. The zero-order chi connectivity index (χ0) is 22.6. The smallest absolute Gasteiger partial charge is 0.256 e. The van der Waals surface area contributed by atoms with Crippen LogP contribution in [-0.4, -0.2) is 59.0 Å². The average Bonchev–Trinajstić information content (AvgIpc) is 3.24. The number of carbonyl (C=O) groups is 2. The Hall–Kier alpha value is -2.42. The summed E-state index contributed by atoms with van der Waals surface area (Å²) in [7, 11) is 2.06. The van der Waals surface area contributed by atoms with Gasteiger partial charge in [-0.15, -0.1) is 0 Å². The molecular formula is C24H27BrN4O3. The summed E-state index contributed by atoms with van der Waals surface area (Å²) in [6.45, 7) is 4.09. The molecule has 0 saturated carbocycles. The summed E-state index contributed by atoms with van der Waals surface area (Å²) in [6, 6.07) is 5.68. The Labute approximate surface area is 195 Å². The van der Waals surface area contributed by atoms with Gasteiger partial charge >= 0.3 is 0 Å². The Bertz CT molecular complexity index is 1140. The fourth-order valence-electron chi connectivity index (χ4n) is 5.03. The molecule has 1 saturated heterocycles. The topological polar surface area (TPSA) is 97.5 Å². The van der Waals surface area contributed by atoms with Gasteiger partial charge in [-0.25, -0.2) is 0 Å². The van der Waals surface area contributed by atoms with E-state index in [9.17, 15) is 14.7 Å². The Kier molecular flexibility index (Phi) is 5.27. The van der Waals surface area contributed by atoms with Crippen molar-refractivity contribution >= 4 is 50.8 Å². The SMILES string of the molecule is Cc1c(/C=C2\C(=O)Nc3ccc(Br)cc32)[nH]c2c1C(=O)C(CC1(O)CCN(C)CC1)CN2. The molecule has 4 N–H and O–H groups in total. The number of anilines is 2. The summed E-state index contributed by atoms with van der Waals surface area (Å²) >= 11 is 3.47. The predicted molar refractivity (Wildman–Crippen MR) is 129 cm³/mol. The van der Waals surface area contributed by atoms with Crippen LogP contribution >= 0.6 is 15.9 Å². The molecule has 1 fully saturated rings. The van der Waals surface area contributed by atoms with Crippen molar-refractivity contribution in [2.45, 2.75) is 31.8 Å². The number of halogens is 1. The molecule has 3 aliphatic heterocycles. The second-order valence-corrected chi connectivity index (χ2v) is 10.2. The number of likely N-dealkylation sites (tertiary alicyclic amines) is 1. The van der Waals surface area contributed by atoms with Gasteiger partial charge in [0, 0.05) is 47.0 Å². The normalized spacial score (nSPS) is 23.6. The lowest BCUT2D eigenvalue weighted by molar-refractivity contribution is -0.110. The summed E-state index contributed by atoms with van der Waals surface area (Å²) in [4.78, 5) is 31.5. The number of aliphatic hydroxyl groups is 1. The van der Waals surface area contributed by atoms with Crippen molar-refractivity contribution in [2.24, 2.45) is 5.92 Å². The molecule has 1 aromatic carbocycles. The van der Waals surface area contributed by atoms with Crippen molar-refractivity contribution < 1.29 is 14.7 Å². The van der Waals surface area contributed by atoms with Crippen LogP contribution in [0.25, 0.3) is 11.6 Å². The monoisotopic (exact) mass is 498 g/mol. The first-order chi connectivity index (χ1) is 15.2. The molecule has 32 heavy (non-hydrogen) atoms. The molecule has 3 aliphatic rings. The van der Waals surface area contributed by atoms with E-state index in [1.165, 1.54) is 0 Å². The molecule has 1 amide bonds. The number of amides is 1. The predicted octanol–water partition coefficient (Wildman–Crippen LogP) is 3.65. The summed E-state index contributed by atoms with van der Waals surface area (Å²) in [5.41, 5.74) is 3.58. The molecule has 1 unspecified atom stereocenters. The third-order valence-corrected chi connectivity index (χ3v) is 7.52. The molecule has 168 valence electrons. The molecule has 1 atom stereocenters. The minimum absolute atomic E-state index is 0.0588. The van der Waals surface area contributed by atoms with Gasteiger partial charge in [-0.3, -0.25) is 9.59 Å². The quantitative estimate of drug-likeness (QED) is 0.484. The molecule has 4 heterocycles. The fraction of sp³-hybridized carbons (Fsp3) is 0.417. The number of fused-ring (bicyclic) bond motifs is 2. The first-order valence-electron chi connectivity index (χ1n) is 11.0. The zero-order valence-electron chi connectivity index (χ0n) is 18.2. The number of Topliss-reactive ketones (excluding diaryl/α,β-unsaturated/α-hetero) is 1. The van der Waals surface area contributed by atoms with Crippen molar-refractivity contribution in [2.75, 3.05) is 37.3 Å². The molecule has 0 bridgehead atoms. The number of hydrogen-bond acceptors (Lipinski definition) is 5. The van der Waals surface area contributed by atoms with Crippen LogP contribution in [0, 0.1) is 12.8 Å². The third-order valence-electron chi connectivity index (χ3n) is 7.03. The summed E-state index contributed by atoms with van der Waals surface area (Å²) < 4.78 is 0.896. The number of nitrogens with zero attached hydrogens (tertiary/aromatic N) is 1. The van der Waals surface area contributed by atoms with Crippen molar-refractivity contribution in [1.82, 2.24) is 9.88 Å². The average molecular weight is 499 g/mol.